The second-order valence-electron chi connectivity index (χ2n) is 4.16. The summed E-state index contributed by atoms with van der Waals surface area (Å²) in [6.07, 6.45) is 0.896. The predicted octanol–water partition coefficient (Wildman–Crippen LogP) is 2.38. The van der Waals surface area contributed by atoms with Crippen molar-refractivity contribution in [3.8, 4) is 5.88 Å². The molecule has 5 nitrogen and oxygen atoms in total. The zero-order valence-electron chi connectivity index (χ0n) is 10.7. The molecule has 0 aliphatic heterocycles. The Bertz CT molecular complexity index is 359. The highest BCUT2D eigenvalue weighted by Crippen LogP contribution is 2.28. The average molecular weight is 241 g/mol. The van der Waals surface area contributed by atoms with E-state index in [1.54, 1.807) is 6.07 Å². The number of hydrogen-bond donors (Lipinski definition) is 0. The van der Waals surface area contributed by atoms with Gasteiger partial charge in [-0.05, 0) is 17.5 Å². The highest BCUT2D eigenvalue weighted by atomic mass is 16.5. The lowest BCUT2D eigenvalue weighted by atomic mass is 9.93. The standard InChI is InChI=1S/C12H19NO4/c1-5-6-16-10-7-9(17-13-10)11(8(2)3)12(14)15-4/h7-8,11H,5-6H2,1-4H3. The number of carbonyl (C=O) groups is 1. The van der Waals surface area contributed by atoms with Gasteiger partial charge in [0.05, 0.1) is 13.7 Å². The first-order valence-corrected chi connectivity index (χ1v) is 5.77. The SMILES string of the molecule is CCCOc1cc(C(C(=O)OC)C(C)C)on1. The molecule has 0 aliphatic carbocycles. The van der Waals surface area contributed by atoms with E-state index in [0.29, 0.717) is 18.2 Å². The Kier molecular flexibility index (Phi) is 5.00. The molecule has 0 spiro atoms. The van der Waals surface area contributed by atoms with Gasteiger partial charge in [-0.1, -0.05) is 20.8 Å². The molecule has 1 rings (SSSR count). The molecule has 1 atom stereocenters. The van der Waals surface area contributed by atoms with E-state index in [2.05, 4.69) is 5.16 Å². The lowest BCUT2D eigenvalue weighted by Crippen LogP contribution is -2.19. The molecule has 0 N–H and O–H groups in total. The Balaban J connectivity index is 2.81. The van der Waals surface area contributed by atoms with Crippen LogP contribution in [0.1, 0.15) is 38.9 Å². The van der Waals surface area contributed by atoms with Crippen LogP contribution in [0.2, 0.25) is 0 Å². The summed E-state index contributed by atoms with van der Waals surface area (Å²) in [6, 6.07) is 1.65. The third kappa shape index (κ3) is 3.47. The van der Waals surface area contributed by atoms with Crippen LogP contribution in [-0.2, 0) is 9.53 Å². The van der Waals surface area contributed by atoms with Gasteiger partial charge in [-0.3, -0.25) is 4.79 Å². The van der Waals surface area contributed by atoms with Gasteiger partial charge in [0.2, 0.25) is 0 Å². The third-order valence-corrected chi connectivity index (χ3v) is 2.39. The molecule has 0 bridgehead atoms. The van der Waals surface area contributed by atoms with Crippen molar-refractivity contribution in [2.45, 2.75) is 33.1 Å². The molecule has 0 amide bonds. The molecule has 1 aromatic rings. The van der Waals surface area contributed by atoms with E-state index in [0.717, 1.165) is 6.42 Å². The highest BCUT2D eigenvalue weighted by molar-refractivity contribution is 5.77. The normalized spacial score (nSPS) is 12.5. The number of carbonyl (C=O) groups excluding carboxylic acids is 1. The number of esters is 1. The maximum atomic E-state index is 11.6. The summed E-state index contributed by atoms with van der Waals surface area (Å²) in [4.78, 5) is 11.6. The van der Waals surface area contributed by atoms with Crippen LogP contribution in [-0.4, -0.2) is 24.8 Å². The minimum Gasteiger partial charge on any atom is -0.476 e. The van der Waals surface area contributed by atoms with Crippen molar-refractivity contribution in [1.82, 2.24) is 5.16 Å². The number of methoxy groups -OCH3 is 1. The Labute approximate surface area is 101 Å². The molecule has 0 aromatic carbocycles. The molecular weight excluding hydrogens is 222 g/mol. The first kappa shape index (κ1) is 13.5. The molecule has 1 unspecified atom stereocenters. The molecule has 0 aliphatic rings. The van der Waals surface area contributed by atoms with Crippen LogP contribution >= 0.6 is 0 Å². The van der Waals surface area contributed by atoms with Gasteiger partial charge in [0.1, 0.15) is 5.92 Å². The van der Waals surface area contributed by atoms with Crippen molar-refractivity contribution in [3.63, 3.8) is 0 Å². The summed E-state index contributed by atoms with van der Waals surface area (Å²) < 4.78 is 15.2. The largest absolute Gasteiger partial charge is 0.476 e. The molecule has 1 aromatic heterocycles. The summed E-state index contributed by atoms with van der Waals surface area (Å²) in [7, 11) is 1.36. The lowest BCUT2D eigenvalue weighted by Gasteiger charge is -2.14. The average Bonchev–Trinajstić information content (AvgIpc) is 2.74. The van der Waals surface area contributed by atoms with Gasteiger partial charge in [0, 0.05) is 6.07 Å². The number of rotatable bonds is 6. The van der Waals surface area contributed by atoms with Crippen LogP contribution in [0.25, 0.3) is 0 Å². The van der Waals surface area contributed by atoms with Gasteiger partial charge < -0.3 is 14.0 Å². The Morgan fingerprint density at radius 2 is 2.24 bits per heavy atom. The van der Waals surface area contributed by atoms with Crippen molar-refractivity contribution < 1.29 is 18.8 Å². The van der Waals surface area contributed by atoms with E-state index in [9.17, 15) is 4.79 Å². The Hall–Kier alpha value is -1.52. The molecule has 96 valence electrons. The highest BCUT2D eigenvalue weighted by Gasteiger charge is 2.29. The van der Waals surface area contributed by atoms with Gasteiger partial charge >= 0.3 is 5.97 Å². The summed E-state index contributed by atoms with van der Waals surface area (Å²) in [5.74, 6) is 0.216. The van der Waals surface area contributed by atoms with Crippen molar-refractivity contribution in [1.29, 1.82) is 0 Å². The minimum atomic E-state index is -0.438. The Morgan fingerprint density at radius 1 is 1.53 bits per heavy atom. The summed E-state index contributed by atoms with van der Waals surface area (Å²) >= 11 is 0. The summed E-state index contributed by atoms with van der Waals surface area (Å²) in [5, 5.41) is 3.77. The molecule has 1 heterocycles. The van der Waals surface area contributed by atoms with E-state index >= 15 is 0 Å². The van der Waals surface area contributed by atoms with Crippen molar-refractivity contribution in [2.24, 2.45) is 5.92 Å². The van der Waals surface area contributed by atoms with Crippen LogP contribution in [0, 0.1) is 5.92 Å². The number of aromatic nitrogens is 1. The second-order valence-corrected chi connectivity index (χ2v) is 4.16. The van der Waals surface area contributed by atoms with Gasteiger partial charge in [0.15, 0.2) is 5.76 Å². The molecule has 5 heteroatoms. The molecule has 0 saturated carbocycles. The van der Waals surface area contributed by atoms with Crippen LogP contribution in [0.4, 0.5) is 0 Å². The Morgan fingerprint density at radius 3 is 2.76 bits per heavy atom. The molecule has 0 saturated heterocycles. The van der Waals surface area contributed by atoms with Crippen LogP contribution in [0.15, 0.2) is 10.6 Å². The van der Waals surface area contributed by atoms with E-state index in [1.165, 1.54) is 7.11 Å². The topological polar surface area (TPSA) is 61.6 Å². The predicted molar refractivity (Wildman–Crippen MR) is 61.9 cm³/mol. The zero-order chi connectivity index (χ0) is 12.8. The third-order valence-electron chi connectivity index (χ3n) is 2.39. The first-order valence-electron chi connectivity index (χ1n) is 5.77. The van der Waals surface area contributed by atoms with E-state index in [1.807, 2.05) is 20.8 Å². The zero-order valence-corrected chi connectivity index (χ0v) is 10.7. The maximum Gasteiger partial charge on any atom is 0.316 e. The monoisotopic (exact) mass is 241 g/mol. The van der Waals surface area contributed by atoms with Crippen molar-refractivity contribution >= 4 is 5.97 Å². The minimum absolute atomic E-state index is 0.0782. The summed E-state index contributed by atoms with van der Waals surface area (Å²) in [6.45, 7) is 6.44. The summed E-state index contributed by atoms with van der Waals surface area (Å²) in [5.41, 5.74) is 0. The molecular formula is C12H19NO4. The first-order chi connectivity index (χ1) is 8.10. The maximum absolute atomic E-state index is 11.6. The fourth-order valence-corrected chi connectivity index (χ4v) is 1.54. The smallest absolute Gasteiger partial charge is 0.316 e. The number of hydrogen-bond acceptors (Lipinski definition) is 5. The van der Waals surface area contributed by atoms with E-state index in [4.69, 9.17) is 14.0 Å². The molecule has 17 heavy (non-hydrogen) atoms. The van der Waals surface area contributed by atoms with Crippen LogP contribution < -0.4 is 4.74 Å². The van der Waals surface area contributed by atoms with Crippen LogP contribution in [0.3, 0.4) is 0 Å². The van der Waals surface area contributed by atoms with Crippen LogP contribution in [0.5, 0.6) is 5.88 Å². The molecule has 0 fully saturated rings. The number of ether oxygens (including phenoxy) is 2. The lowest BCUT2D eigenvalue weighted by molar-refractivity contribution is -0.144. The molecule has 0 radical (unpaired) electrons. The van der Waals surface area contributed by atoms with Gasteiger partial charge in [-0.2, -0.15) is 0 Å². The quantitative estimate of drug-likeness (QED) is 0.715. The van der Waals surface area contributed by atoms with Gasteiger partial charge in [-0.15, -0.1) is 0 Å². The fourth-order valence-electron chi connectivity index (χ4n) is 1.54. The second kappa shape index (κ2) is 6.27. The van der Waals surface area contributed by atoms with E-state index < -0.39 is 5.92 Å². The van der Waals surface area contributed by atoms with Crippen molar-refractivity contribution in [2.75, 3.05) is 13.7 Å². The van der Waals surface area contributed by atoms with Crippen molar-refractivity contribution in [3.05, 3.63) is 11.8 Å². The van der Waals surface area contributed by atoms with E-state index in [-0.39, 0.29) is 11.9 Å². The fraction of sp³-hybridized carbons (Fsp3) is 0.667. The van der Waals surface area contributed by atoms with Gasteiger partial charge in [-0.25, -0.2) is 0 Å². The number of nitrogens with zero attached hydrogens (tertiary/aromatic N) is 1. The van der Waals surface area contributed by atoms with Gasteiger partial charge in [0.25, 0.3) is 5.88 Å².